The summed E-state index contributed by atoms with van der Waals surface area (Å²) < 4.78 is 27.3. The third kappa shape index (κ3) is 4.17. The highest BCUT2D eigenvalue weighted by atomic mass is 32.2. The average molecular weight is 446 g/mol. The maximum absolute atomic E-state index is 12.4. The summed E-state index contributed by atoms with van der Waals surface area (Å²) in [5.41, 5.74) is 1.88. The molecule has 1 aromatic heterocycles. The van der Waals surface area contributed by atoms with Crippen molar-refractivity contribution in [2.75, 3.05) is 26.0 Å². The van der Waals surface area contributed by atoms with Crippen LogP contribution in [0.3, 0.4) is 0 Å². The van der Waals surface area contributed by atoms with Crippen LogP contribution >= 0.6 is 11.3 Å². The van der Waals surface area contributed by atoms with E-state index in [2.05, 4.69) is 15.6 Å². The molecule has 158 valence electrons. The van der Waals surface area contributed by atoms with Crippen molar-refractivity contribution in [3.05, 3.63) is 58.6 Å². The number of fused-ring (bicyclic) bond motifs is 2. The molecule has 30 heavy (non-hydrogen) atoms. The van der Waals surface area contributed by atoms with Crippen LogP contribution in [-0.4, -0.2) is 48.7 Å². The summed E-state index contributed by atoms with van der Waals surface area (Å²) in [6.07, 6.45) is 0.526. The monoisotopic (exact) mass is 445 g/mol. The molecule has 3 aromatic rings. The first-order valence-electron chi connectivity index (χ1n) is 9.52. The maximum atomic E-state index is 12.4. The third-order valence-electron chi connectivity index (χ3n) is 5.02. The highest BCUT2D eigenvalue weighted by molar-refractivity contribution is 7.86. The average Bonchev–Trinajstić information content (AvgIpc) is 3.13. The summed E-state index contributed by atoms with van der Waals surface area (Å²) in [6, 6.07) is 13.7. The van der Waals surface area contributed by atoms with Gasteiger partial charge in [-0.25, -0.2) is 9.78 Å². The molecule has 2 aromatic carbocycles. The van der Waals surface area contributed by atoms with Crippen molar-refractivity contribution in [2.24, 2.45) is 0 Å². The Hall–Kier alpha value is -2.53. The number of anilines is 1. The van der Waals surface area contributed by atoms with Gasteiger partial charge in [0.2, 0.25) is 0 Å². The van der Waals surface area contributed by atoms with Crippen LogP contribution < -0.4 is 10.6 Å². The fraction of sp³-hybridized carbons (Fsp3) is 0.300. The van der Waals surface area contributed by atoms with Crippen LogP contribution in [0.5, 0.6) is 0 Å². The van der Waals surface area contributed by atoms with Gasteiger partial charge in [0.05, 0.1) is 12.2 Å². The lowest BCUT2D eigenvalue weighted by Crippen LogP contribution is -2.42. The number of carbonyl (C=O) groups excluding carboxylic acids is 1. The smallest absolute Gasteiger partial charge is 0.321 e. The first-order chi connectivity index (χ1) is 14.3. The Morgan fingerprint density at radius 1 is 1.20 bits per heavy atom. The number of nitrogens with zero attached hydrogens (tertiary/aromatic N) is 3. The highest BCUT2D eigenvalue weighted by Gasteiger charge is 2.30. The number of benzene rings is 2. The summed E-state index contributed by atoms with van der Waals surface area (Å²) in [4.78, 5) is 17.7. The number of aromatic nitrogens is 1. The molecular weight excluding hydrogens is 422 g/mol. The fourth-order valence-corrected chi connectivity index (χ4v) is 5.59. The fourth-order valence-electron chi connectivity index (χ4n) is 3.42. The van der Waals surface area contributed by atoms with Gasteiger partial charge in [0, 0.05) is 38.5 Å². The van der Waals surface area contributed by atoms with Crippen LogP contribution in [0.1, 0.15) is 16.1 Å². The second-order valence-electron chi connectivity index (χ2n) is 7.21. The molecule has 0 fully saturated rings. The Bertz CT molecular complexity index is 1180. The molecule has 0 saturated heterocycles. The molecular formula is C20H23N5O3S2. The standard InChI is InChI=1S/C20H23N5O3S2/c1-24(2)30(27,28)25-11-10-17-18(13-25)29-20(22-17)23-19(26)21-12-15-8-5-7-14-6-3-4-9-16(14)15/h3-9H,10-13H2,1-2H3,(H2,21,22,23,26). The minimum Gasteiger partial charge on any atom is -0.334 e. The summed E-state index contributed by atoms with van der Waals surface area (Å²) in [7, 11) is -0.431. The van der Waals surface area contributed by atoms with Crippen molar-refractivity contribution in [3.8, 4) is 0 Å². The number of carbonyl (C=O) groups is 1. The molecule has 1 aliphatic rings. The quantitative estimate of drug-likeness (QED) is 0.631. The minimum atomic E-state index is -3.47. The van der Waals surface area contributed by atoms with E-state index in [4.69, 9.17) is 0 Å². The van der Waals surface area contributed by atoms with Crippen LogP contribution in [0.15, 0.2) is 42.5 Å². The van der Waals surface area contributed by atoms with Crippen molar-refractivity contribution in [2.45, 2.75) is 19.5 Å². The second-order valence-corrected chi connectivity index (χ2v) is 10.4. The number of urea groups is 1. The number of amides is 2. The number of rotatable bonds is 5. The topological polar surface area (TPSA) is 94.6 Å². The predicted octanol–water partition coefficient (Wildman–Crippen LogP) is 2.78. The molecule has 2 heterocycles. The molecule has 8 nitrogen and oxygen atoms in total. The zero-order valence-corrected chi connectivity index (χ0v) is 18.4. The van der Waals surface area contributed by atoms with Crippen LogP contribution in [0.4, 0.5) is 9.93 Å². The van der Waals surface area contributed by atoms with E-state index < -0.39 is 10.2 Å². The van der Waals surface area contributed by atoms with Crippen LogP contribution in [0.2, 0.25) is 0 Å². The normalized spacial score (nSPS) is 14.6. The summed E-state index contributed by atoms with van der Waals surface area (Å²) in [6.45, 7) is 1.05. The van der Waals surface area contributed by atoms with Gasteiger partial charge < -0.3 is 5.32 Å². The lowest BCUT2D eigenvalue weighted by molar-refractivity contribution is 0.252. The molecule has 0 bridgehead atoms. The van der Waals surface area contributed by atoms with E-state index in [-0.39, 0.29) is 12.6 Å². The van der Waals surface area contributed by atoms with Gasteiger partial charge in [-0.1, -0.05) is 53.8 Å². The van der Waals surface area contributed by atoms with Gasteiger partial charge in [-0.2, -0.15) is 17.0 Å². The van der Waals surface area contributed by atoms with Crippen LogP contribution in [-0.2, 0) is 29.7 Å². The summed E-state index contributed by atoms with van der Waals surface area (Å²) in [5.74, 6) is 0. The Morgan fingerprint density at radius 3 is 2.77 bits per heavy atom. The molecule has 0 aliphatic carbocycles. The molecule has 2 amide bonds. The first kappa shape index (κ1) is 20.7. The SMILES string of the molecule is CN(C)S(=O)(=O)N1CCc2nc(NC(=O)NCc3cccc4ccccc34)sc2C1. The van der Waals surface area contributed by atoms with E-state index in [1.54, 1.807) is 0 Å². The number of hydrogen-bond acceptors (Lipinski definition) is 5. The zero-order valence-electron chi connectivity index (χ0n) is 16.8. The van der Waals surface area contributed by atoms with Crippen LogP contribution in [0, 0.1) is 0 Å². The first-order valence-corrected chi connectivity index (χ1v) is 11.7. The molecule has 0 unspecified atom stereocenters. The molecule has 0 saturated carbocycles. The van der Waals surface area contributed by atoms with Crippen molar-refractivity contribution < 1.29 is 13.2 Å². The van der Waals surface area contributed by atoms with Crippen molar-refractivity contribution >= 4 is 43.5 Å². The van der Waals surface area contributed by atoms with Gasteiger partial charge in [0.15, 0.2) is 5.13 Å². The number of hydrogen-bond donors (Lipinski definition) is 2. The number of nitrogens with one attached hydrogen (secondary N) is 2. The summed E-state index contributed by atoms with van der Waals surface area (Å²) in [5, 5.41) is 8.35. The Labute approximate surface area is 179 Å². The van der Waals surface area contributed by atoms with Gasteiger partial charge >= 0.3 is 6.03 Å². The van der Waals surface area contributed by atoms with Crippen LogP contribution in [0.25, 0.3) is 10.8 Å². The number of thiazole rings is 1. The van der Waals surface area contributed by atoms with E-state index >= 15 is 0 Å². The Balaban J connectivity index is 1.40. The third-order valence-corrected chi connectivity index (χ3v) is 7.91. The lowest BCUT2D eigenvalue weighted by Gasteiger charge is -2.27. The van der Waals surface area contributed by atoms with E-state index in [1.807, 2.05) is 42.5 Å². The molecule has 1 aliphatic heterocycles. The molecule has 0 atom stereocenters. The van der Waals surface area contributed by atoms with Gasteiger partial charge in [-0.3, -0.25) is 5.32 Å². The molecule has 2 N–H and O–H groups in total. The lowest BCUT2D eigenvalue weighted by atomic mass is 10.0. The zero-order chi connectivity index (χ0) is 21.3. The van der Waals surface area contributed by atoms with Gasteiger partial charge in [-0.05, 0) is 16.3 Å². The molecule has 4 rings (SSSR count). The van der Waals surface area contributed by atoms with E-state index in [0.717, 1.165) is 26.9 Å². The molecule has 0 spiro atoms. The van der Waals surface area contributed by atoms with Crippen molar-refractivity contribution in [1.82, 2.24) is 18.9 Å². The highest BCUT2D eigenvalue weighted by Crippen LogP contribution is 2.29. The predicted molar refractivity (Wildman–Crippen MR) is 119 cm³/mol. The van der Waals surface area contributed by atoms with Crippen molar-refractivity contribution in [3.63, 3.8) is 0 Å². The van der Waals surface area contributed by atoms with E-state index in [9.17, 15) is 13.2 Å². The van der Waals surface area contributed by atoms with Crippen molar-refractivity contribution in [1.29, 1.82) is 0 Å². The maximum Gasteiger partial charge on any atom is 0.321 e. The van der Waals surface area contributed by atoms with Gasteiger partial charge in [0.25, 0.3) is 10.2 Å². The Morgan fingerprint density at radius 2 is 1.97 bits per heavy atom. The molecule has 0 radical (unpaired) electrons. The van der Waals surface area contributed by atoms with E-state index in [1.165, 1.54) is 34.0 Å². The van der Waals surface area contributed by atoms with Gasteiger partial charge in [0.1, 0.15) is 0 Å². The minimum absolute atomic E-state index is 0.271. The molecule has 10 heteroatoms. The van der Waals surface area contributed by atoms with E-state index in [0.29, 0.717) is 24.6 Å². The summed E-state index contributed by atoms with van der Waals surface area (Å²) >= 11 is 1.31. The van der Waals surface area contributed by atoms with Gasteiger partial charge in [-0.15, -0.1) is 0 Å². The second kappa shape index (κ2) is 8.31. The Kier molecular flexibility index (Phi) is 5.74. The largest absolute Gasteiger partial charge is 0.334 e.